The van der Waals surface area contributed by atoms with Crippen LogP contribution in [-0.4, -0.2) is 5.60 Å². The lowest BCUT2D eigenvalue weighted by Gasteiger charge is -2.33. The molecule has 0 amide bonds. The van der Waals surface area contributed by atoms with Crippen LogP contribution in [0.5, 0.6) is 11.5 Å². The van der Waals surface area contributed by atoms with Crippen molar-refractivity contribution in [3.05, 3.63) is 65.2 Å². The Kier molecular flexibility index (Phi) is 7.11. The number of nitrogens with zero attached hydrogens (tertiary/aromatic N) is 1. The maximum absolute atomic E-state index is 9.85. The van der Waals surface area contributed by atoms with Crippen LogP contribution in [-0.2, 0) is 12.0 Å². The SMILES string of the molecule is CCCCCCC(C)(C)c1cc(OCc2ccccc2)c2c(c1)OC(C)(C)C=C2C#N. The highest BCUT2D eigenvalue weighted by Crippen LogP contribution is 2.45. The molecule has 3 nitrogen and oxygen atoms in total. The van der Waals surface area contributed by atoms with Gasteiger partial charge in [0.05, 0.1) is 17.2 Å². The third-order valence-electron chi connectivity index (χ3n) is 5.99. The van der Waals surface area contributed by atoms with Gasteiger partial charge in [-0.25, -0.2) is 0 Å². The van der Waals surface area contributed by atoms with Gasteiger partial charge in [-0.1, -0.05) is 76.8 Å². The monoisotopic (exact) mass is 417 g/mol. The van der Waals surface area contributed by atoms with E-state index < -0.39 is 5.60 Å². The number of allylic oxidation sites excluding steroid dienone is 1. The molecule has 0 unspecified atom stereocenters. The summed E-state index contributed by atoms with van der Waals surface area (Å²) in [6.07, 6.45) is 7.97. The van der Waals surface area contributed by atoms with Gasteiger partial charge in [0.15, 0.2) is 0 Å². The molecule has 3 rings (SSSR count). The summed E-state index contributed by atoms with van der Waals surface area (Å²) >= 11 is 0. The summed E-state index contributed by atoms with van der Waals surface area (Å²) in [6, 6.07) is 16.7. The Morgan fingerprint density at radius 3 is 2.48 bits per heavy atom. The molecule has 2 aromatic carbocycles. The molecule has 0 spiro atoms. The van der Waals surface area contributed by atoms with E-state index >= 15 is 0 Å². The first kappa shape index (κ1) is 22.9. The van der Waals surface area contributed by atoms with Gasteiger partial charge in [-0.15, -0.1) is 0 Å². The van der Waals surface area contributed by atoms with Gasteiger partial charge in [0, 0.05) is 0 Å². The predicted molar refractivity (Wildman–Crippen MR) is 127 cm³/mol. The standard InChI is InChI=1S/C28H35NO2/c1-6-7-8-12-15-27(2,3)23-16-24(30-20-21-13-10-9-11-14-21)26-22(19-29)18-28(4,5)31-25(26)17-23/h9-11,13-14,16-18H,6-8,12,15,20H2,1-5H3. The van der Waals surface area contributed by atoms with E-state index in [-0.39, 0.29) is 5.41 Å². The Balaban J connectivity index is 1.98. The number of fused-ring (bicyclic) bond motifs is 1. The number of unbranched alkanes of at least 4 members (excludes halogenated alkanes) is 3. The minimum absolute atomic E-state index is 0.00486. The first-order valence-electron chi connectivity index (χ1n) is 11.4. The van der Waals surface area contributed by atoms with Gasteiger partial charge in [-0.2, -0.15) is 5.26 Å². The molecule has 0 atom stereocenters. The maximum Gasteiger partial charge on any atom is 0.133 e. The number of hydrogen-bond acceptors (Lipinski definition) is 3. The fourth-order valence-corrected chi connectivity index (χ4v) is 4.13. The minimum atomic E-state index is -0.529. The first-order valence-corrected chi connectivity index (χ1v) is 11.4. The summed E-state index contributed by atoms with van der Waals surface area (Å²) in [5, 5.41) is 9.85. The summed E-state index contributed by atoms with van der Waals surface area (Å²) in [5.41, 5.74) is 3.14. The van der Waals surface area contributed by atoms with Crippen LogP contribution in [0.25, 0.3) is 5.57 Å². The Bertz CT molecular complexity index is 964. The van der Waals surface area contributed by atoms with Crippen molar-refractivity contribution in [1.82, 2.24) is 0 Å². The second-order valence-corrected chi connectivity index (χ2v) is 9.69. The Labute approximate surface area is 187 Å². The molecular weight excluding hydrogens is 382 g/mol. The summed E-state index contributed by atoms with van der Waals surface area (Å²) in [6.45, 7) is 11.2. The number of ether oxygens (including phenoxy) is 2. The smallest absolute Gasteiger partial charge is 0.133 e. The lowest BCUT2D eigenvalue weighted by Crippen LogP contribution is -2.29. The molecule has 0 aliphatic carbocycles. The van der Waals surface area contributed by atoms with Gasteiger partial charge >= 0.3 is 0 Å². The highest BCUT2D eigenvalue weighted by atomic mass is 16.5. The molecule has 1 heterocycles. The minimum Gasteiger partial charge on any atom is -0.488 e. The fraction of sp³-hybridized carbons (Fsp3) is 0.464. The van der Waals surface area contributed by atoms with Crippen molar-refractivity contribution in [2.45, 2.75) is 84.3 Å². The molecule has 0 radical (unpaired) electrons. The zero-order valence-electron chi connectivity index (χ0n) is 19.6. The topological polar surface area (TPSA) is 42.2 Å². The van der Waals surface area contributed by atoms with E-state index in [0.717, 1.165) is 29.0 Å². The summed E-state index contributed by atoms with van der Waals surface area (Å²) < 4.78 is 12.6. The highest BCUT2D eigenvalue weighted by Gasteiger charge is 2.32. The van der Waals surface area contributed by atoms with Crippen LogP contribution in [0.1, 0.15) is 83.4 Å². The van der Waals surface area contributed by atoms with Crippen LogP contribution >= 0.6 is 0 Å². The molecule has 31 heavy (non-hydrogen) atoms. The van der Waals surface area contributed by atoms with Crippen LogP contribution in [0.15, 0.2) is 48.5 Å². The average molecular weight is 418 g/mol. The van der Waals surface area contributed by atoms with Gasteiger partial charge in [0.25, 0.3) is 0 Å². The van der Waals surface area contributed by atoms with E-state index in [4.69, 9.17) is 9.47 Å². The zero-order chi connectivity index (χ0) is 22.5. The lowest BCUT2D eigenvalue weighted by atomic mass is 9.78. The van der Waals surface area contributed by atoms with E-state index in [1.54, 1.807) is 0 Å². The van der Waals surface area contributed by atoms with Crippen LogP contribution in [0.2, 0.25) is 0 Å². The maximum atomic E-state index is 9.85. The number of rotatable bonds is 9. The van der Waals surface area contributed by atoms with Crippen molar-refractivity contribution in [3.8, 4) is 17.6 Å². The third-order valence-corrected chi connectivity index (χ3v) is 5.99. The van der Waals surface area contributed by atoms with E-state index in [9.17, 15) is 5.26 Å². The van der Waals surface area contributed by atoms with Crippen LogP contribution in [0.4, 0.5) is 0 Å². The van der Waals surface area contributed by atoms with Crippen LogP contribution in [0, 0.1) is 11.3 Å². The molecule has 1 aliphatic rings. The second kappa shape index (κ2) is 9.60. The molecule has 0 N–H and O–H groups in total. The van der Waals surface area contributed by atoms with Gasteiger partial charge in [0.1, 0.15) is 23.7 Å². The first-order chi connectivity index (χ1) is 14.8. The normalized spacial score (nSPS) is 14.8. The largest absolute Gasteiger partial charge is 0.488 e. The average Bonchev–Trinajstić information content (AvgIpc) is 2.74. The Morgan fingerprint density at radius 2 is 1.81 bits per heavy atom. The number of benzene rings is 2. The molecule has 1 aliphatic heterocycles. The van der Waals surface area contributed by atoms with E-state index in [0.29, 0.717) is 12.2 Å². The third kappa shape index (κ3) is 5.70. The molecule has 0 bridgehead atoms. The summed E-state index contributed by atoms with van der Waals surface area (Å²) in [5.74, 6) is 1.47. The van der Waals surface area contributed by atoms with Crippen molar-refractivity contribution in [2.75, 3.05) is 0 Å². The van der Waals surface area contributed by atoms with Gasteiger partial charge in [-0.05, 0) is 55.0 Å². The Hall–Kier alpha value is -2.73. The molecule has 2 aromatic rings. The highest BCUT2D eigenvalue weighted by molar-refractivity contribution is 5.86. The number of hydrogen-bond donors (Lipinski definition) is 0. The van der Waals surface area contributed by atoms with Crippen LogP contribution < -0.4 is 9.47 Å². The zero-order valence-corrected chi connectivity index (χ0v) is 19.6. The van der Waals surface area contributed by atoms with Crippen molar-refractivity contribution >= 4 is 5.57 Å². The molecule has 0 saturated heterocycles. The summed E-state index contributed by atoms with van der Waals surface area (Å²) in [4.78, 5) is 0. The molecule has 0 saturated carbocycles. The van der Waals surface area contributed by atoms with Crippen molar-refractivity contribution in [2.24, 2.45) is 0 Å². The lowest BCUT2D eigenvalue weighted by molar-refractivity contribution is 0.156. The quantitative estimate of drug-likeness (QED) is 0.395. The van der Waals surface area contributed by atoms with Crippen molar-refractivity contribution in [1.29, 1.82) is 5.26 Å². The van der Waals surface area contributed by atoms with Crippen LogP contribution in [0.3, 0.4) is 0 Å². The van der Waals surface area contributed by atoms with E-state index in [1.807, 2.05) is 38.1 Å². The summed E-state index contributed by atoms with van der Waals surface area (Å²) in [7, 11) is 0. The van der Waals surface area contributed by atoms with E-state index in [1.165, 1.54) is 31.2 Å². The second-order valence-electron chi connectivity index (χ2n) is 9.69. The Morgan fingerprint density at radius 1 is 1.06 bits per heavy atom. The number of nitriles is 1. The van der Waals surface area contributed by atoms with E-state index in [2.05, 4.69) is 51.1 Å². The van der Waals surface area contributed by atoms with Gasteiger partial charge < -0.3 is 9.47 Å². The van der Waals surface area contributed by atoms with Gasteiger partial charge in [0.2, 0.25) is 0 Å². The molecule has 0 aromatic heterocycles. The van der Waals surface area contributed by atoms with Crippen molar-refractivity contribution in [3.63, 3.8) is 0 Å². The molecule has 164 valence electrons. The molecule has 0 fully saturated rings. The van der Waals surface area contributed by atoms with Gasteiger partial charge in [-0.3, -0.25) is 0 Å². The molecule has 3 heteroatoms. The fourth-order valence-electron chi connectivity index (χ4n) is 4.13. The predicted octanol–water partition coefficient (Wildman–Crippen LogP) is 7.59. The van der Waals surface area contributed by atoms with Crippen molar-refractivity contribution < 1.29 is 9.47 Å². The molecular formula is C28H35NO2.